The molecule has 0 atom stereocenters. The lowest BCUT2D eigenvalue weighted by atomic mass is 10.1. The van der Waals surface area contributed by atoms with Gasteiger partial charge in [-0.15, -0.1) is 0 Å². The smallest absolute Gasteiger partial charge is 0.314 e. The van der Waals surface area contributed by atoms with E-state index in [1.807, 2.05) is 47.9 Å². The summed E-state index contributed by atoms with van der Waals surface area (Å²) in [6, 6.07) is 9.87. The molecule has 140 valence electrons. The summed E-state index contributed by atoms with van der Waals surface area (Å²) in [5, 5.41) is 0. The van der Waals surface area contributed by atoms with Crippen molar-refractivity contribution in [1.29, 1.82) is 0 Å². The molecule has 0 saturated carbocycles. The minimum Gasteiger partial charge on any atom is -0.314 e. The minimum atomic E-state index is -0.331. The Bertz CT molecular complexity index is 1240. The number of rotatable bonds is 5. The van der Waals surface area contributed by atoms with Crippen molar-refractivity contribution in [3.63, 3.8) is 0 Å². The van der Waals surface area contributed by atoms with Gasteiger partial charge < -0.3 is 4.57 Å². The van der Waals surface area contributed by atoms with Crippen molar-refractivity contribution in [1.82, 2.24) is 23.1 Å². The van der Waals surface area contributed by atoms with Crippen LogP contribution in [0.2, 0.25) is 0 Å². The molecule has 7 heteroatoms. The molecule has 0 aliphatic rings. The highest BCUT2D eigenvalue weighted by atomic mass is 16.2. The lowest BCUT2D eigenvalue weighted by Crippen LogP contribution is -2.39. The Morgan fingerprint density at radius 1 is 1.04 bits per heavy atom. The second kappa shape index (κ2) is 6.57. The molecule has 0 unspecified atom stereocenters. The van der Waals surface area contributed by atoms with E-state index in [0.29, 0.717) is 29.9 Å². The van der Waals surface area contributed by atoms with Crippen LogP contribution in [0.1, 0.15) is 24.6 Å². The Kier molecular flexibility index (Phi) is 4.22. The van der Waals surface area contributed by atoms with Crippen LogP contribution < -0.4 is 11.2 Å². The van der Waals surface area contributed by atoms with Crippen molar-refractivity contribution < 1.29 is 0 Å². The van der Waals surface area contributed by atoms with Crippen LogP contribution in [0, 0.1) is 6.92 Å². The van der Waals surface area contributed by atoms with Crippen LogP contribution in [0.4, 0.5) is 0 Å². The van der Waals surface area contributed by atoms with E-state index < -0.39 is 0 Å². The number of hydrogen-bond donors (Lipinski definition) is 0. The zero-order chi connectivity index (χ0) is 19.1. The van der Waals surface area contributed by atoms with Crippen LogP contribution in [0.5, 0.6) is 0 Å². The van der Waals surface area contributed by atoms with Gasteiger partial charge in [0.15, 0.2) is 11.2 Å². The second-order valence-electron chi connectivity index (χ2n) is 6.91. The number of aryl methyl sites for hydroxylation is 4. The third-order valence-electron chi connectivity index (χ3n) is 5.05. The third-order valence-corrected chi connectivity index (χ3v) is 5.05. The highest BCUT2D eigenvalue weighted by molar-refractivity contribution is 5.75. The Morgan fingerprint density at radius 3 is 2.48 bits per heavy atom. The van der Waals surface area contributed by atoms with Crippen LogP contribution >= 0.6 is 0 Å². The van der Waals surface area contributed by atoms with Crippen molar-refractivity contribution in [2.45, 2.75) is 39.8 Å². The van der Waals surface area contributed by atoms with Crippen molar-refractivity contribution in [2.75, 3.05) is 0 Å². The maximum atomic E-state index is 13.2. The molecule has 0 aliphatic heterocycles. The summed E-state index contributed by atoms with van der Waals surface area (Å²) in [6.45, 7) is 5.27. The van der Waals surface area contributed by atoms with Crippen LogP contribution in [0.25, 0.3) is 16.9 Å². The maximum absolute atomic E-state index is 13.2. The predicted octanol–water partition coefficient (Wildman–Crippen LogP) is 2.11. The van der Waals surface area contributed by atoms with Crippen LogP contribution in [0.15, 0.2) is 46.1 Å². The molecule has 1 aromatic carbocycles. The lowest BCUT2D eigenvalue weighted by molar-refractivity contribution is 0.602. The molecular formula is C20H23N5O2. The predicted molar refractivity (Wildman–Crippen MR) is 105 cm³/mol. The molecule has 0 bridgehead atoms. The molecule has 7 nitrogen and oxygen atoms in total. The van der Waals surface area contributed by atoms with E-state index in [1.165, 1.54) is 9.13 Å². The first kappa shape index (κ1) is 17.3. The molecule has 3 heterocycles. The van der Waals surface area contributed by atoms with E-state index in [0.717, 1.165) is 24.2 Å². The van der Waals surface area contributed by atoms with E-state index in [2.05, 4.69) is 16.5 Å². The number of aromatic nitrogens is 5. The topological polar surface area (TPSA) is 66.2 Å². The zero-order valence-electron chi connectivity index (χ0n) is 15.8. The Labute approximate surface area is 156 Å². The summed E-state index contributed by atoms with van der Waals surface area (Å²) < 4.78 is 6.69. The van der Waals surface area contributed by atoms with Gasteiger partial charge in [0, 0.05) is 32.0 Å². The highest BCUT2D eigenvalue weighted by Crippen LogP contribution is 2.16. The summed E-state index contributed by atoms with van der Waals surface area (Å²) in [4.78, 5) is 30.5. The number of fused-ring (bicyclic) bond motifs is 3. The lowest BCUT2D eigenvalue weighted by Gasteiger charge is -2.08. The summed E-state index contributed by atoms with van der Waals surface area (Å²) in [5.74, 6) is 0.706. The van der Waals surface area contributed by atoms with Crippen molar-refractivity contribution in [3.8, 4) is 0 Å². The molecule has 0 aliphatic carbocycles. The summed E-state index contributed by atoms with van der Waals surface area (Å²) >= 11 is 0. The molecule has 0 fully saturated rings. The standard InChI is InChI=1S/C20H23N5O2/c1-4-11-23-14(2)13-25-16-17(21-19(23)25)22(3)20(27)24(18(16)26)12-10-15-8-6-5-7-9-15/h5-9,13H,4,10-12H2,1-3H3. The van der Waals surface area contributed by atoms with Gasteiger partial charge in [0.05, 0.1) is 0 Å². The first-order valence-corrected chi connectivity index (χ1v) is 9.24. The molecule has 27 heavy (non-hydrogen) atoms. The molecule has 0 radical (unpaired) electrons. The van der Waals surface area contributed by atoms with Crippen LogP contribution in [-0.4, -0.2) is 23.1 Å². The normalized spacial score (nSPS) is 11.7. The van der Waals surface area contributed by atoms with Crippen LogP contribution in [0.3, 0.4) is 0 Å². The molecule has 4 rings (SSSR count). The molecule has 0 saturated heterocycles. The molecule has 0 N–H and O–H groups in total. The van der Waals surface area contributed by atoms with E-state index >= 15 is 0 Å². The number of hydrogen-bond acceptors (Lipinski definition) is 3. The van der Waals surface area contributed by atoms with Crippen molar-refractivity contribution in [2.24, 2.45) is 7.05 Å². The monoisotopic (exact) mass is 365 g/mol. The minimum absolute atomic E-state index is 0.287. The van der Waals surface area contributed by atoms with E-state index in [9.17, 15) is 9.59 Å². The first-order chi connectivity index (χ1) is 13.0. The van der Waals surface area contributed by atoms with Crippen molar-refractivity contribution in [3.05, 3.63) is 68.6 Å². The van der Waals surface area contributed by atoms with Gasteiger partial charge in [-0.3, -0.25) is 18.3 Å². The van der Waals surface area contributed by atoms with E-state index in [-0.39, 0.29) is 11.2 Å². The van der Waals surface area contributed by atoms with Gasteiger partial charge in [0.1, 0.15) is 0 Å². The summed E-state index contributed by atoms with van der Waals surface area (Å²) in [5.41, 5.74) is 2.41. The molecule has 3 aromatic heterocycles. The van der Waals surface area contributed by atoms with Gasteiger partial charge in [-0.2, -0.15) is 4.98 Å². The average molecular weight is 365 g/mol. The van der Waals surface area contributed by atoms with Gasteiger partial charge in [-0.25, -0.2) is 4.79 Å². The number of nitrogens with zero attached hydrogens (tertiary/aromatic N) is 5. The molecule has 0 amide bonds. The van der Waals surface area contributed by atoms with Gasteiger partial charge >= 0.3 is 5.69 Å². The SMILES string of the molecule is CCCn1c(C)cn2c3c(=O)n(CCc4ccccc4)c(=O)n(C)c3nc12. The fraction of sp³-hybridized carbons (Fsp3) is 0.350. The van der Waals surface area contributed by atoms with Gasteiger partial charge in [0.2, 0.25) is 5.78 Å². The molecular weight excluding hydrogens is 342 g/mol. The van der Waals surface area contributed by atoms with Crippen molar-refractivity contribution >= 4 is 16.9 Å². The maximum Gasteiger partial charge on any atom is 0.332 e. The molecule has 4 aromatic rings. The number of benzene rings is 1. The Balaban J connectivity index is 1.90. The van der Waals surface area contributed by atoms with Gasteiger partial charge in [-0.05, 0) is 25.3 Å². The average Bonchev–Trinajstić information content (AvgIpc) is 3.17. The Hall–Kier alpha value is -3.09. The summed E-state index contributed by atoms with van der Waals surface area (Å²) in [7, 11) is 1.67. The second-order valence-corrected chi connectivity index (χ2v) is 6.91. The number of imidazole rings is 2. The summed E-state index contributed by atoms with van der Waals surface area (Å²) in [6.07, 6.45) is 3.52. The largest absolute Gasteiger partial charge is 0.332 e. The van der Waals surface area contributed by atoms with Gasteiger partial charge in [-0.1, -0.05) is 37.3 Å². The Morgan fingerprint density at radius 2 is 1.78 bits per heavy atom. The highest BCUT2D eigenvalue weighted by Gasteiger charge is 2.19. The van der Waals surface area contributed by atoms with E-state index in [4.69, 9.17) is 0 Å². The molecule has 0 spiro atoms. The van der Waals surface area contributed by atoms with Gasteiger partial charge in [0.25, 0.3) is 5.56 Å². The van der Waals surface area contributed by atoms with E-state index in [1.54, 1.807) is 7.05 Å². The first-order valence-electron chi connectivity index (χ1n) is 9.24. The third kappa shape index (κ3) is 2.70. The fourth-order valence-electron chi connectivity index (χ4n) is 3.64. The van der Waals surface area contributed by atoms with Crippen LogP contribution in [-0.2, 0) is 26.6 Å². The quantitative estimate of drug-likeness (QED) is 0.544. The fourth-order valence-corrected chi connectivity index (χ4v) is 3.64. The zero-order valence-corrected chi connectivity index (χ0v) is 15.8.